The molecule has 22 heavy (non-hydrogen) atoms. The van der Waals surface area contributed by atoms with Crippen LogP contribution in [0.25, 0.3) is 0 Å². The van der Waals surface area contributed by atoms with Crippen LogP contribution in [0.1, 0.15) is 34.0 Å². The highest BCUT2D eigenvalue weighted by Crippen LogP contribution is 2.20. The van der Waals surface area contributed by atoms with Gasteiger partial charge < -0.3 is 5.32 Å². The van der Waals surface area contributed by atoms with E-state index < -0.39 is 0 Å². The van der Waals surface area contributed by atoms with Gasteiger partial charge in [-0.25, -0.2) is 0 Å². The Bertz CT molecular complexity index is 705. The number of carbonyl (C=O) groups is 1. The summed E-state index contributed by atoms with van der Waals surface area (Å²) in [5.41, 5.74) is 2.78. The molecule has 0 fully saturated rings. The van der Waals surface area contributed by atoms with E-state index in [0.717, 1.165) is 23.5 Å². The van der Waals surface area contributed by atoms with Crippen LogP contribution in [-0.2, 0) is 13.6 Å². The van der Waals surface area contributed by atoms with E-state index in [0.29, 0.717) is 23.1 Å². The first kappa shape index (κ1) is 16.8. The van der Waals surface area contributed by atoms with E-state index in [1.807, 2.05) is 25.5 Å². The molecule has 0 aliphatic heterocycles. The number of aryl methyl sites for hydroxylation is 3. The zero-order valence-corrected chi connectivity index (χ0v) is 14.6. The minimum absolute atomic E-state index is 0.260. The molecular weight excluding hydrogens is 325 g/mol. The molecule has 120 valence electrons. The SMILES string of the molecule is Cc1nn(CCCNC(=O)c2nn(C)c(C)c2Cl)c(C)c1Cl. The summed E-state index contributed by atoms with van der Waals surface area (Å²) in [7, 11) is 1.75. The van der Waals surface area contributed by atoms with Crippen LogP contribution >= 0.6 is 23.2 Å². The second-order valence-corrected chi connectivity index (χ2v) is 5.94. The minimum Gasteiger partial charge on any atom is -0.351 e. The van der Waals surface area contributed by atoms with Crippen molar-refractivity contribution < 1.29 is 4.79 Å². The standard InChI is InChI=1S/C14H19Cl2N5O/c1-8-11(15)10(3)21(18-8)7-5-6-17-14(22)13-12(16)9(2)20(4)19-13/h5-7H2,1-4H3,(H,17,22). The van der Waals surface area contributed by atoms with Gasteiger partial charge in [-0.05, 0) is 27.2 Å². The predicted molar refractivity (Wildman–Crippen MR) is 86.6 cm³/mol. The van der Waals surface area contributed by atoms with Gasteiger partial charge in [0, 0.05) is 20.1 Å². The van der Waals surface area contributed by atoms with Gasteiger partial charge in [0.1, 0.15) is 0 Å². The number of nitrogens with zero attached hydrogens (tertiary/aromatic N) is 4. The van der Waals surface area contributed by atoms with Gasteiger partial charge in [-0.2, -0.15) is 10.2 Å². The fourth-order valence-corrected chi connectivity index (χ4v) is 2.52. The molecular formula is C14H19Cl2N5O. The number of amides is 1. The molecule has 2 rings (SSSR count). The Labute approximate surface area is 139 Å². The maximum atomic E-state index is 12.1. The molecule has 1 N–H and O–H groups in total. The molecule has 0 atom stereocenters. The minimum atomic E-state index is -0.264. The van der Waals surface area contributed by atoms with E-state index in [4.69, 9.17) is 23.2 Å². The number of carbonyl (C=O) groups excluding carboxylic acids is 1. The van der Waals surface area contributed by atoms with Gasteiger partial charge in [0.05, 0.1) is 27.1 Å². The van der Waals surface area contributed by atoms with E-state index in [1.165, 1.54) is 0 Å². The van der Waals surface area contributed by atoms with Crippen molar-refractivity contribution in [2.45, 2.75) is 33.7 Å². The average Bonchev–Trinajstić information content (AvgIpc) is 2.88. The summed E-state index contributed by atoms with van der Waals surface area (Å²) in [6.45, 7) is 6.82. The fourth-order valence-electron chi connectivity index (χ4n) is 2.13. The summed E-state index contributed by atoms with van der Waals surface area (Å²) < 4.78 is 3.44. The number of rotatable bonds is 5. The Morgan fingerprint density at radius 1 is 1.14 bits per heavy atom. The van der Waals surface area contributed by atoms with E-state index >= 15 is 0 Å². The molecule has 0 saturated carbocycles. The summed E-state index contributed by atoms with van der Waals surface area (Å²) >= 11 is 12.2. The lowest BCUT2D eigenvalue weighted by atomic mass is 10.3. The number of hydrogen-bond donors (Lipinski definition) is 1. The molecule has 8 heteroatoms. The third-order valence-electron chi connectivity index (χ3n) is 3.60. The Balaban J connectivity index is 1.87. The molecule has 0 unspecified atom stereocenters. The monoisotopic (exact) mass is 343 g/mol. The molecule has 0 aromatic carbocycles. The average molecular weight is 344 g/mol. The van der Waals surface area contributed by atoms with Crippen molar-refractivity contribution in [1.82, 2.24) is 24.9 Å². The fraction of sp³-hybridized carbons (Fsp3) is 0.500. The van der Waals surface area contributed by atoms with Crippen molar-refractivity contribution >= 4 is 29.1 Å². The third-order valence-corrected chi connectivity index (χ3v) is 4.60. The normalized spacial score (nSPS) is 11.0. The van der Waals surface area contributed by atoms with E-state index in [2.05, 4.69) is 15.5 Å². The largest absolute Gasteiger partial charge is 0.351 e. The van der Waals surface area contributed by atoms with Crippen LogP contribution in [0, 0.1) is 20.8 Å². The Hall–Kier alpha value is -1.53. The lowest BCUT2D eigenvalue weighted by Crippen LogP contribution is -2.26. The van der Waals surface area contributed by atoms with Crippen LogP contribution in [0.2, 0.25) is 10.0 Å². The van der Waals surface area contributed by atoms with Crippen molar-refractivity contribution in [2.24, 2.45) is 7.05 Å². The summed E-state index contributed by atoms with van der Waals surface area (Å²) in [6.07, 6.45) is 0.744. The maximum absolute atomic E-state index is 12.1. The first-order valence-electron chi connectivity index (χ1n) is 6.99. The number of halogens is 2. The van der Waals surface area contributed by atoms with Gasteiger partial charge in [0.2, 0.25) is 0 Å². The second-order valence-electron chi connectivity index (χ2n) is 5.19. The molecule has 0 aliphatic carbocycles. The molecule has 0 aliphatic rings. The molecule has 2 aromatic heterocycles. The Morgan fingerprint density at radius 3 is 2.32 bits per heavy atom. The highest BCUT2D eigenvalue weighted by Gasteiger charge is 2.17. The molecule has 0 radical (unpaired) electrons. The molecule has 0 spiro atoms. The maximum Gasteiger partial charge on any atom is 0.273 e. The van der Waals surface area contributed by atoms with Crippen LogP contribution in [0.15, 0.2) is 0 Å². The first-order valence-corrected chi connectivity index (χ1v) is 7.75. The van der Waals surface area contributed by atoms with Crippen LogP contribution in [0.4, 0.5) is 0 Å². The lowest BCUT2D eigenvalue weighted by Gasteiger charge is -2.06. The summed E-state index contributed by atoms with van der Waals surface area (Å²) in [6, 6.07) is 0. The molecule has 1 amide bonds. The molecule has 2 aromatic rings. The van der Waals surface area contributed by atoms with Crippen molar-refractivity contribution in [3.8, 4) is 0 Å². The second kappa shape index (κ2) is 6.71. The van der Waals surface area contributed by atoms with E-state index in [1.54, 1.807) is 11.7 Å². The smallest absolute Gasteiger partial charge is 0.273 e. The van der Waals surface area contributed by atoms with Gasteiger partial charge in [-0.3, -0.25) is 14.2 Å². The van der Waals surface area contributed by atoms with E-state index in [-0.39, 0.29) is 11.6 Å². The summed E-state index contributed by atoms with van der Waals surface area (Å²) in [5, 5.41) is 12.4. The van der Waals surface area contributed by atoms with Crippen molar-refractivity contribution in [2.75, 3.05) is 6.54 Å². The zero-order valence-electron chi connectivity index (χ0n) is 13.1. The van der Waals surface area contributed by atoms with Gasteiger partial charge >= 0.3 is 0 Å². The van der Waals surface area contributed by atoms with Crippen molar-refractivity contribution in [3.05, 3.63) is 32.8 Å². The third kappa shape index (κ3) is 3.28. The Morgan fingerprint density at radius 2 is 1.82 bits per heavy atom. The zero-order chi connectivity index (χ0) is 16.4. The van der Waals surface area contributed by atoms with Gasteiger partial charge in [0.15, 0.2) is 5.69 Å². The topological polar surface area (TPSA) is 64.7 Å². The number of aromatic nitrogens is 4. The molecule has 2 heterocycles. The molecule has 0 saturated heterocycles. The van der Waals surface area contributed by atoms with Gasteiger partial charge in [-0.15, -0.1) is 0 Å². The van der Waals surface area contributed by atoms with Crippen LogP contribution < -0.4 is 5.32 Å². The van der Waals surface area contributed by atoms with Crippen molar-refractivity contribution in [3.63, 3.8) is 0 Å². The van der Waals surface area contributed by atoms with Gasteiger partial charge in [0.25, 0.3) is 5.91 Å². The Kier molecular flexibility index (Phi) is 5.13. The summed E-state index contributed by atoms with van der Waals surface area (Å²) in [5.74, 6) is -0.264. The first-order chi connectivity index (χ1) is 10.3. The van der Waals surface area contributed by atoms with Crippen LogP contribution in [0.3, 0.4) is 0 Å². The summed E-state index contributed by atoms with van der Waals surface area (Å²) in [4.78, 5) is 12.1. The quantitative estimate of drug-likeness (QED) is 0.848. The molecule has 6 nitrogen and oxygen atoms in total. The van der Waals surface area contributed by atoms with Gasteiger partial charge in [-0.1, -0.05) is 23.2 Å². The van der Waals surface area contributed by atoms with Crippen LogP contribution in [0.5, 0.6) is 0 Å². The molecule has 0 bridgehead atoms. The lowest BCUT2D eigenvalue weighted by molar-refractivity contribution is 0.0947. The predicted octanol–water partition coefficient (Wildman–Crippen LogP) is 2.67. The number of hydrogen-bond acceptors (Lipinski definition) is 3. The van der Waals surface area contributed by atoms with Crippen LogP contribution in [-0.4, -0.2) is 32.0 Å². The number of nitrogens with one attached hydrogen (secondary N) is 1. The van der Waals surface area contributed by atoms with E-state index in [9.17, 15) is 4.79 Å². The highest BCUT2D eigenvalue weighted by molar-refractivity contribution is 6.34. The highest BCUT2D eigenvalue weighted by atomic mass is 35.5. The van der Waals surface area contributed by atoms with Crippen molar-refractivity contribution in [1.29, 1.82) is 0 Å².